The van der Waals surface area contributed by atoms with Crippen molar-refractivity contribution in [3.8, 4) is 0 Å². The van der Waals surface area contributed by atoms with E-state index in [2.05, 4.69) is 14.5 Å². The molecule has 0 saturated carbocycles. The molecule has 0 saturated heterocycles. The third-order valence-corrected chi connectivity index (χ3v) is 3.84. The Morgan fingerprint density at radius 3 is 2.90 bits per heavy atom. The predicted molar refractivity (Wildman–Crippen MR) is 75.0 cm³/mol. The van der Waals surface area contributed by atoms with Gasteiger partial charge >= 0.3 is 0 Å². The first-order valence-electron chi connectivity index (χ1n) is 6.79. The zero-order valence-corrected chi connectivity index (χ0v) is 11.7. The van der Waals surface area contributed by atoms with Gasteiger partial charge in [0, 0.05) is 36.7 Å². The van der Waals surface area contributed by atoms with E-state index in [0.717, 1.165) is 24.6 Å². The molecule has 5 heteroatoms. The number of aryl methyl sites for hydroxylation is 1. The standard InChI is InChI=1S/C15H18FN3O/c1-10-7-14(12(11(2)20)8-13(10)16)19-6-5-18-4-3-17-15(18)9-19/h3-4,7-8,11,20H,5-6,9H2,1-2H3/t11-/m1/s1. The first-order valence-corrected chi connectivity index (χ1v) is 6.79. The molecule has 2 heterocycles. The van der Waals surface area contributed by atoms with E-state index in [1.165, 1.54) is 6.07 Å². The molecule has 0 bridgehead atoms. The molecule has 0 fully saturated rings. The minimum atomic E-state index is -0.693. The maximum absolute atomic E-state index is 13.7. The molecule has 2 aromatic rings. The number of aliphatic hydroxyl groups is 1. The number of hydrogen-bond acceptors (Lipinski definition) is 3. The second-order valence-electron chi connectivity index (χ2n) is 5.29. The molecule has 0 radical (unpaired) electrons. The van der Waals surface area contributed by atoms with Gasteiger partial charge in [0.25, 0.3) is 0 Å². The minimum Gasteiger partial charge on any atom is -0.389 e. The summed E-state index contributed by atoms with van der Waals surface area (Å²) < 4.78 is 15.9. The summed E-state index contributed by atoms with van der Waals surface area (Å²) in [6.07, 6.45) is 3.07. The van der Waals surface area contributed by atoms with Crippen LogP contribution in [0.1, 0.15) is 30.0 Å². The lowest BCUT2D eigenvalue weighted by atomic mass is 10.0. The lowest BCUT2D eigenvalue weighted by Gasteiger charge is -2.32. The summed E-state index contributed by atoms with van der Waals surface area (Å²) in [5, 5.41) is 9.89. The summed E-state index contributed by atoms with van der Waals surface area (Å²) in [5.74, 6) is 0.720. The van der Waals surface area contributed by atoms with E-state index in [9.17, 15) is 9.50 Å². The molecule has 106 valence electrons. The molecule has 0 amide bonds. The number of hydrogen-bond donors (Lipinski definition) is 1. The van der Waals surface area contributed by atoms with Crippen molar-refractivity contribution in [3.63, 3.8) is 0 Å². The Morgan fingerprint density at radius 1 is 1.35 bits per heavy atom. The van der Waals surface area contributed by atoms with Crippen LogP contribution in [0.5, 0.6) is 0 Å². The Labute approximate surface area is 117 Å². The molecule has 0 unspecified atom stereocenters. The van der Waals surface area contributed by atoms with Crippen molar-refractivity contribution in [2.45, 2.75) is 33.0 Å². The smallest absolute Gasteiger partial charge is 0.128 e. The summed E-state index contributed by atoms with van der Waals surface area (Å²) in [7, 11) is 0. The number of fused-ring (bicyclic) bond motifs is 1. The highest BCUT2D eigenvalue weighted by Gasteiger charge is 2.21. The summed E-state index contributed by atoms with van der Waals surface area (Å²) in [4.78, 5) is 6.48. The van der Waals surface area contributed by atoms with Gasteiger partial charge in [-0.3, -0.25) is 0 Å². The molecule has 1 aliphatic heterocycles. The summed E-state index contributed by atoms with van der Waals surface area (Å²) >= 11 is 0. The van der Waals surface area contributed by atoms with Gasteiger partial charge in [-0.25, -0.2) is 9.37 Å². The third-order valence-electron chi connectivity index (χ3n) is 3.84. The highest BCUT2D eigenvalue weighted by molar-refractivity contribution is 5.57. The molecular weight excluding hydrogens is 257 g/mol. The number of halogens is 1. The Balaban J connectivity index is 2.00. The quantitative estimate of drug-likeness (QED) is 0.915. The Morgan fingerprint density at radius 2 is 2.15 bits per heavy atom. The van der Waals surface area contributed by atoms with Crippen LogP contribution in [0.4, 0.5) is 10.1 Å². The molecule has 20 heavy (non-hydrogen) atoms. The van der Waals surface area contributed by atoms with Crippen molar-refractivity contribution < 1.29 is 9.50 Å². The van der Waals surface area contributed by atoms with Crippen LogP contribution in [0.15, 0.2) is 24.5 Å². The van der Waals surface area contributed by atoms with Crippen LogP contribution in [0, 0.1) is 12.7 Å². The average molecular weight is 275 g/mol. The van der Waals surface area contributed by atoms with E-state index in [1.807, 2.05) is 12.3 Å². The highest BCUT2D eigenvalue weighted by atomic mass is 19.1. The monoisotopic (exact) mass is 275 g/mol. The molecule has 1 aromatic carbocycles. The van der Waals surface area contributed by atoms with Gasteiger partial charge in [0.05, 0.1) is 12.6 Å². The minimum absolute atomic E-state index is 0.275. The maximum Gasteiger partial charge on any atom is 0.128 e. The number of aromatic nitrogens is 2. The molecular formula is C15H18FN3O. The van der Waals surface area contributed by atoms with Gasteiger partial charge in [-0.2, -0.15) is 0 Å². The first-order chi connectivity index (χ1) is 9.56. The van der Waals surface area contributed by atoms with Gasteiger partial charge in [-0.15, -0.1) is 0 Å². The topological polar surface area (TPSA) is 41.3 Å². The van der Waals surface area contributed by atoms with E-state index in [0.29, 0.717) is 17.7 Å². The van der Waals surface area contributed by atoms with Crippen LogP contribution in [-0.2, 0) is 13.1 Å². The Kier molecular flexibility index (Phi) is 3.22. The maximum atomic E-state index is 13.7. The number of imidazole rings is 1. The zero-order chi connectivity index (χ0) is 14.3. The molecule has 3 rings (SSSR count). The van der Waals surface area contributed by atoms with Gasteiger partial charge in [0.15, 0.2) is 0 Å². The SMILES string of the molecule is Cc1cc(N2CCn3ccnc3C2)c([C@@H](C)O)cc1F. The fourth-order valence-electron chi connectivity index (χ4n) is 2.67. The van der Waals surface area contributed by atoms with E-state index in [-0.39, 0.29) is 5.82 Å². The van der Waals surface area contributed by atoms with Gasteiger partial charge < -0.3 is 14.6 Å². The average Bonchev–Trinajstić information content (AvgIpc) is 2.88. The second kappa shape index (κ2) is 4.90. The second-order valence-corrected chi connectivity index (χ2v) is 5.29. The molecule has 1 aliphatic rings. The fraction of sp³-hybridized carbons (Fsp3) is 0.400. The first kappa shape index (κ1) is 13.1. The number of aliphatic hydroxyl groups excluding tert-OH is 1. The van der Waals surface area contributed by atoms with Crippen molar-refractivity contribution in [2.75, 3.05) is 11.4 Å². The molecule has 1 N–H and O–H groups in total. The van der Waals surface area contributed by atoms with Crippen LogP contribution in [0.25, 0.3) is 0 Å². The van der Waals surface area contributed by atoms with Crippen molar-refractivity contribution in [2.24, 2.45) is 0 Å². The lowest BCUT2D eigenvalue weighted by molar-refractivity contribution is 0.199. The van der Waals surface area contributed by atoms with Crippen molar-refractivity contribution in [3.05, 3.63) is 47.3 Å². The normalized spacial score (nSPS) is 16.1. The fourth-order valence-corrected chi connectivity index (χ4v) is 2.67. The van der Waals surface area contributed by atoms with E-state index >= 15 is 0 Å². The van der Waals surface area contributed by atoms with E-state index < -0.39 is 6.10 Å². The summed E-state index contributed by atoms with van der Waals surface area (Å²) in [6.45, 7) is 5.77. The zero-order valence-electron chi connectivity index (χ0n) is 11.7. The number of nitrogens with zero attached hydrogens (tertiary/aromatic N) is 3. The molecule has 4 nitrogen and oxygen atoms in total. The molecule has 0 aliphatic carbocycles. The van der Waals surface area contributed by atoms with Gasteiger partial charge in [0.2, 0.25) is 0 Å². The number of anilines is 1. The van der Waals surface area contributed by atoms with Crippen LogP contribution < -0.4 is 4.90 Å². The number of benzene rings is 1. The van der Waals surface area contributed by atoms with Crippen LogP contribution in [-0.4, -0.2) is 21.2 Å². The van der Waals surface area contributed by atoms with Gasteiger partial charge in [0.1, 0.15) is 11.6 Å². The number of rotatable bonds is 2. The largest absolute Gasteiger partial charge is 0.389 e. The van der Waals surface area contributed by atoms with Gasteiger partial charge in [-0.05, 0) is 31.5 Å². The van der Waals surface area contributed by atoms with Crippen molar-refractivity contribution in [1.82, 2.24) is 9.55 Å². The molecule has 1 aromatic heterocycles. The van der Waals surface area contributed by atoms with E-state index in [1.54, 1.807) is 20.0 Å². The third kappa shape index (κ3) is 2.18. The lowest BCUT2D eigenvalue weighted by Crippen LogP contribution is -2.34. The summed E-state index contributed by atoms with van der Waals surface area (Å²) in [6, 6.07) is 3.26. The van der Waals surface area contributed by atoms with Crippen molar-refractivity contribution in [1.29, 1.82) is 0 Å². The van der Waals surface area contributed by atoms with Crippen LogP contribution in [0.2, 0.25) is 0 Å². The van der Waals surface area contributed by atoms with E-state index in [4.69, 9.17) is 0 Å². The Bertz CT molecular complexity index is 636. The molecule has 1 atom stereocenters. The molecule has 0 spiro atoms. The summed E-state index contributed by atoms with van der Waals surface area (Å²) in [5.41, 5.74) is 2.12. The highest BCUT2D eigenvalue weighted by Crippen LogP contribution is 2.31. The predicted octanol–water partition coefficient (Wildman–Crippen LogP) is 2.40. The van der Waals surface area contributed by atoms with Crippen LogP contribution in [0.3, 0.4) is 0 Å². The Hall–Kier alpha value is -1.88. The van der Waals surface area contributed by atoms with Gasteiger partial charge in [-0.1, -0.05) is 0 Å². The van der Waals surface area contributed by atoms with Crippen molar-refractivity contribution >= 4 is 5.69 Å². The van der Waals surface area contributed by atoms with Crippen LogP contribution >= 0.6 is 0 Å².